The monoisotopic (exact) mass is 365 g/mol. The van der Waals surface area contributed by atoms with Gasteiger partial charge in [-0.2, -0.15) is 0 Å². The molecule has 0 heterocycles. The molecule has 0 bridgehead atoms. The lowest BCUT2D eigenvalue weighted by Crippen LogP contribution is -1.94. The van der Waals surface area contributed by atoms with Crippen molar-refractivity contribution >= 4 is 41.8 Å². The van der Waals surface area contributed by atoms with E-state index < -0.39 is 0 Å². The Kier molecular flexibility index (Phi) is 8.79. The van der Waals surface area contributed by atoms with Gasteiger partial charge in [0.2, 0.25) is 0 Å². The van der Waals surface area contributed by atoms with Crippen LogP contribution >= 0.6 is 25.8 Å². The molecule has 1 radical (unpaired) electrons. The predicted octanol–water partition coefficient (Wildman–Crippen LogP) is 4.38. The Hall–Kier alpha value is -0.0338. The van der Waals surface area contributed by atoms with Crippen LogP contribution in [0.2, 0.25) is 0 Å². The Labute approximate surface area is 124 Å². The minimum atomic E-state index is 0.0417. The van der Waals surface area contributed by atoms with E-state index in [1.54, 1.807) is 0 Å². The molecule has 1 nitrogen and oxygen atoms in total. The molecule has 0 N–H and O–H groups in total. The fourth-order valence-corrected chi connectivity index (χ4v) is 1.21. The summed E-state index contributed by atoms with van der Waals surface area (Å²) in [7, 11) is 0. The van der Waals surface area contributed by atoms with Crippen LogP contribution in [0.1, 0.15) is 5.56 Å². The normalized spacial score (nSPS) is 8.59. The standard InChI is InChI=1S/C13H11O.2BrH.Mg/c1-3-7-12(8-4-1)11-14-13-9-5-2-6-10-13;;;/h1,3-10H,11H2;2*1H;/q;;;+2/p-2. The van der Waals surface area contributed by atoms with Crippen LogP contribution in [0.5, 0.6) is 5.75 Å². The number of hydrogen-bond acceptors (Lipinski definition) is 1. The second-order valence-electron chi connectivity index (χ2n) is 3.11. The molecule has 0 aliphatic heterocycles. The van der Waals surface area contributed by atoms with E-state index in [0.717, 1.165) is 5.75 Å². The maximum absolute atomic E-state index is 5.57. The average Bonchev–Trinajstić information content (AvgIpc) is 2.40. The fourth-order valence-electron chi connectivity index (χ4n) is 1.21. The Balaban J connectivity index is 0.000000437. The Bertz CT molecular complexity index is 355. The van der Waals surface area contributed by atoms with E-state index in [1.165, 1.54) is 5.56 Å². The first-order valence-electron chi connectivity index (χ1n) is 5.11. The van der Waals surface area contributed by atoms with Gasteiger partial charge in [0.1, 0.15) is 12.4 Å². The minimum absolute atomic E-state index is 0.0417. The van der Waals surface area contributed by atoms with Crippen molar-refractivity contribution in [3.63, 3.8) is 0 Å². The molecule has 0 atom stereocenters. The zero-order valence-electron chi connectivity index (χ0n) is 9.27. The summed E-state index contributed by atoms with van der Waals surface area (Å²) in [6.07, 6.45) is 0. The molecule has 0 spiro atoms. The van der Waals surface area contributed by atoms with Gasteiger partial charge in [-0.05, 0) is 23.8 Å². The van der Waals surface area contributed by atoms with Gasteiger partial charge in [-0.25, -0.2) is 0 Å². The van der Waals surface area contributed by atoms with Crippen molar-refractivity contribution < 1.29 is 4.74 Å². The molecule has 17 heavy (non-hydrogen) atoms. The molecule has 0 unspecified atom stereocenters. The highest BCUT2D eigenvalue weighted by atomic mass is 79.9. The highest BCUT2D eigenvalue weighted by molar-refractivity contribution is 9.47. The molecule has 2 aromatic rings. The van der Waals surface area contributed by atoms with Crippen molar-refractivity contribution in [3.05, 3.63) is 66.2 Å². The van der Waals surface area contributed by atoms with Gasteiger partial charge in [-0.15, -0.1) is 0 Å². The molecule has 0 fully saturated rings. The van der Waals surface area contributed by atoms with Gasteiger partial charge in [0.15, 0.2) is 0 Å². The predicted molar refractivity (Wildman–Crippen MR) is 79.7 cm³/mol. The number of halogens is 2. The molecular formula is C13H11Br2MgO. The van der Waals surface area contributed by atoms with Gasteiger partial charge in [-0.3, -0.25) is 25.8 Å². The third kappa shape index (κ3) is 7.08. The lowest BCUT2D eigenvalue weighted by Gasteiger charge is -2.04. The Morgan fingerprint density at radius 1 is 1.00 bits per heavy atom. The molecule has 2 aromatic carbocycles. The van der Waals surface area contributed by atoms with Crippen molar-refractivity contribution in [2.75, 3.05) is 0 Å². The topological polar surface area (TPSA) is 9.23 Å². The third-order valence-corrected chi connectivity index (χ3v) is 1.94. The average molecular weight is 367 g/mol. The second-order valence-corrected chi connectivity index (χ2v) is 11.2. The van der Waals surface area contributed by atoms with E-state index in [9.17, 15) is 0 Å². The summed E-state index contributed by atoms with van der Waals surface area (Å²) in [4.78, 5) is 0. The number of rotatable bonds is 3. The van der Waals surface area contributed by atoms with Crippen molar-refractivity contribution in [1.29, 1.82) is 0 Å². The lowest BCUT2D eigenvalue weighted by molar-refractivity contribution is 0.306. The summed E-state index contributed by atoms with van der Waals surface area (Å²) in [5.41, 5.74) is 1.18. The van der Waals surface area contributed by atoms with Crippen LogP contribution in [0, 0.1) is 6.07 Å². The van der Waals surface area contributed by atoms with E-state index in [2.05, 4.69) is 44.0 Å². The van der Waals surface area contributed by atoms with Crippen molar-refractivity contribution in [2.24, 2.45) is 0 Å². The lowest BCUT2D eigenvalue weighted by atomic mass is 10.2. The summed E-state index contributed by atoms with van der Waals surface area (Å²) in [5, 5.41) is 0. The molecule has 0 amide bonds. The van der Waals surface area contributed by atoms with Gasteiger partial charge >= 0.3 is 16.0 Å². The highest BCUT2D eigenvalue weighted by Crippen LogP contribution is 2.10. The molecule has 0 saturated carbocycles. The second kappa shape index (κ2) is 9.94. The fraction of sp³-hybridized carbons (Fsp3) is 0.0769. The molecular weight excluding hydrogens is 356 g/mol. The van der Waals surface area contributed by atoms with E-state index in [0.29, 0.717) is 6.61 Å². The number of ether oxygens (including phenoxy) is 1. The smallest absolute Gasteiger partial charge is 0.489 e. The largest absolute Gasteiger partial charge is 0.560 e. The van der Waals surface area contributed by atoms with E-state index in [-0.39, 0.29) is 16.0 Å². The third-order valence-electron chi connectivity index (χ3n) is 1.94. The van der Waals surface area contributed by atoms with Crippen LogP contribution < -0.4 is 4.74 Å². The minimum Gasteiger partial charge on any atom is -0.489 e. The zero-order valence-corrected chi connectivity index (χ0v) is 13.9. The zero-order chi connectivity index (χ0) is 12.3. The summed E-state index contributed by atoms with van der Waals surface area (Å²) >= 11 is 6.44. The van der Waals surface area contributed by atoms with Gasteiger partial charge in [0.05, 0.1) is 0 Å². The van der Waals surface area contributed by atoms with E-state index in [4.69, 9.17) is 4.74 Å². The number of hydrogen-bond donors (Lipinski definition) is 0. The maximum Gasteiger partial charge on any atom is 0.560 e. The van der Waals surface area contributed by atoms with Crippen LogP contribution in [0.3, 0.4) is 0 Å². The summed E-state index contributed by atoms with van der Waals surface area (Å²) in [6, 6.07) is 20.6. The van der Waals surface area contributed by atoms with Crippen LogP contribution in [-0.4, -0.2) is 16.0 Å². The van der Waals surface area contributed by atoms with Crippen molar-refractivity contribution in [1.82, 2.24) is 0 Å². The molecule has 0 aliphatic carbocycles. The van der Waals surface area contributed by atoms with Gasteiger partial charge in [-0.1, -0.05) is 42.5 Å². The van der Waals surface area contributed by atoms with Crippen molar-refractivity contribution in [2.45, 2.75) is 6.61 Å². The molecule has 0 aliphatic rings. The summed E-state index contributed by atoms with van der Waals surface area (Å²) in [6.45, 7) is 0.616. The Morgan fingerprint density at radius 3 is 2.18 bits per heavy atom. The van der Waals surface area contributed by atoms with Crippen molar-refractivity contribution in [3.8, 4) is 5.75 Å². The van der Waals surface area contributed by atoms with Crippen LogP contribution in [0.15, 0.2) is 54.6 Å². The highest BCUT2D eigenvalue weighted by Gasteiger charge is 1.92. The van der Waals surface area contributed by atoms with Crippen LogP contribution in [-0.2, 0) is 6.61 Å². The first-order valence-corrected chi connectivity index (χ1v) is 12.9. The SMILES string of the molecule is [Br][Mg][Br].[c]1ccc(OCc2ccccc2)cc1. The van der Waals surface area contributed by atoms with E-state index in [1.807, 2.05) is 42.5 Å². The molecule has 85 valence electrons. The van der Waals surface area contributed by atoms with Crippen LogP contribution in [0.25, 0.3) is 0 Å². The first kappa shape index (κ1) is 15.0. The Morgan fingerprint density at radius 2 is 1.59 bits per heavy atom. The molecule has 4 heteroatoms. The molecule has 0 aromatic heterocycles. The summed E-state index contributed by atoms with van der Waals surface area (Å²) < 4.78 is 5.57. The van der Waals surface area contributed by atoms with Gasteiger partial charge < -0.3 is 4.74 Å². The van der Waals surface area contributed by atoms with E-state index >= 15 is 0 Å². The maximum atomic E-state index is 5.57. The van der Waals surface area contributed by atoms with Gasteiger partial charge in [0.25, 0.3) is 0 Å². The number of benzene rings is 2. The molecule has 2 rings (SSSR count). The van der Waals surface area contributed by atoms with Gasteiger partial charge in [0, 0.05) is 0 Å². The first-order chi connectivity index (χ1) is 8.36. The quantitative estimate of drug-likeness (QED) is 0.732. The molecule has 0 saturated heterocycles. The summed E-state index contributed by atoms with van der Waals surface area (Å²) in [5.74, 6) is 0.882. The van der Waals surface area contributed by atoms with Crippen LogP contribution in [0.4, 0.5) is 0 Å².